The fourth-order valence-corrected chi connectivity index (χ4v) is 5.16. The Kier molecular flexibility index (Phi) is 3.87. The number of rotatable bonds is 2. The fraction of sp³-hybridized carbons (Fsp3) is 0. The Balaban J connectivity index is 2.17. The molecule has 0 fully saturated rings. The molecule has 3 rings (SSSR count). The minimum Gasteiger partial charge on any atom is -0.126 e. The molecule has 0 N–H and O–H groups in total. The van der Waals surface area contributed by atoms with Crippen molar-refractivity contribution in [3.05, 3.63) is 68.9 Å². The lowest BCUT2D eigenvalue weighted by Crippen LogP contribution is -1.77. The lowest BCUT2D eigenvalue weighted by atomic mass is 10.1. The van der Waals surface area contributed by atoms with E-state index in [-0.39, 0.29) is 0 Å². The van der Waals surface area contributed by atoms with Gasteiger partial charge >= 0.3 is 0 Å². The second-order valence-corrected chi connectivity index (χ2v) is 7.26. The molecule has 1 heterocycles. The van der Waals surface area contributed by atoms with Crippen LogP contribution < -0.4 is 0 Å². The summed E-state index contributed by atoms with van der Waals surface area (Å²) in [5.41, 5.74) is 3.69. The van der Waals surface area contributed by atoms with Crippen LogP contribution in [0.5, 0.6) is 0 Å². The van der Waals surface area contributed by atoms with Crippen molar-refractivity contribution in [2.24, 2.45) is 0 Å². The highest BCUT2D eigenvalue weighted by molar-refractivity contribution is 9.11. The van der Waals surface area contributed by atoms with Gasteiger partial charge in [-0.15, -0.1) is 11.3 Å². The molecule has 0 saturated carbocycles. The standard InChI is InChI=1S/C16H10Br2S/c17-14-13(11-7-3-1-4-8-11)16(18)19-15(14)12-9-5-2-6-10-12/h1-10H. The lowest BCUT2D eigenvalue weighted by molar-refractivity contribution is 1.63. The maximum atomic E-state index is 3.76. The monoisotopic (exact) mass is 392 g/mol. The van der Waals surface area contributed by atoms with Gasteiger partial charge in [-0.25, -0.2) is 0 Å². The number of hydrogen-bond donors (Lipinski definition) is 0. The molecule has 0 aliphatic heterocycles. The van der Waals surface area contributed by atoms with Gasteiger partial charge in [-0.1, -0.05) is 60.7 Å². The second kappa shape index (κ2) is 5.61. The molecule has 0 bridgehead atoms. The summed E-state index contributed by atoms with van der Waals surface area (Å²) in [4.78, 5) is 1.26. The Morgan fingerprint density at radius 1 is 0.684 bits per heavy atom. The van der Waals surface area contributed by atoms with Crippen molar-refractivity contribution < 1.29 is 0 Å². The van der Waals surface area contributed by atoms with E-state index < -0.39 is 0 Å². The van der Waals surface area contributed by atoms with E-state index in [9.17, 15) is 0 Å². The molecule has 0 radical (unpaired) electrons. The third-order valence-corrected chi connectivity index (χ3v) is 5.87. The van der Waals surface area contributed by atoms with Gasteiger partial charge in [0.25, 0.3) is 0 Å². The van der Waals surface area contributed by atoms with Gasteiger partial charge in [-0.05, 0) is 43.0 Å². The van der Waals surface area contributed by atoms with Crippen LogP contribution in [0.15, 0.2) is 68.9 Å². The molecular weight excluding hydrogens is 384 g/mol. The largest absolute Gasteiger partial charge is 0.126 e. The minimum atomic E-state index is 1.15. The third kappa shape index (κ3) is 2.55. The first kappa shape index (κ1) is 13.1. The van der Waals surface area contributed by atoms with E-state index in [1.165, 1.54) is 21.6 Å². The summed E-state index contributed by atoms with van der Waals surface area (Å²) in [7, 11) is 0. The minimum absolute atomic E-state index is 1.15. The van der Waals surface area contributed by atoms with E-state index in [0.717, 1.165) is 8.26 Å². The highest BCUT2D eigenvalue weighted by Gasteiger charge is 2.16. The quantitative estimate of drug-likeness (QED) is 0.459. The Bertz CT molecular complexity index is 688. The van der Waals surface area contributed by atoms with Gasteiger partial charge in [-0.2, -0.15) is 0 Å². The molecule has 0 amide bonds. The molecule has 0 spiro atoms. The van der Waals surface area contributed by atoms with E-state index in [2.05, 4.69) is 80.4 Å². The molecule has 0 unspecified atom stereocenters. The summed E-state index contributed by atoms with van der Waals surface area (Å²) < 4.78 is 2.31. The van der Waals surface area contributed by atoms with Crippen LogP contribution in [0.25, 0.3) is 21.6 Å². The van der Waals surface area contributed by atoms with Gasteiger partial charge in [0.05, 0.1) is 8.66 Å². The van der Waals surface area contributed by atoms with Crippen molar-refractivity contribution in [1.29, 1.82) is 0 Å². The number of thiophene rings is 1. The van der Waals surface area contributed by atoms with E-state index in [1.807, 2.05) is 12.1 Å². The predicted octanol–water partition coefficient (Wildman–Crippen LogP) is 6.61. The predicted molar refractivity (Wildman–Crippen MR) is 90.6 cm³/mol. The van der Waals surface area contributed by atoms with E-state index in [0.29, 0.717) is 0 Å². The number of hydrogen-bond acceptors (Lipinski definition) is 1. The molecule has 2 aromatic carbocycles. The molecule has 3 heteroatoms. The Morgan fingerprint density at radius 2 is 1.21 bits per heavy atom. The Labute approximate surface area is 133 Å². The van der Waals surface area contributed by atoms with Crippen LogP contribution in [0.1, 0.15) is 0 Å². The molecular formula is C16H10Br2S. The average Bonchev–Trinajstić information content (AvgIpc) is 2.76. The molecule has 19 heavy (non-hydrogen) atoms. The van der Waals surface area contributed by atoms with Crippen LogP contribution in [0.2, 0.25) is 0 Å². The molecule has 0 aliphatic rings. The summed E-state index contributed by atoms with van der Waals surface area (Å²) in [5, 5.41) is 0. The third-order valence-electron chi connectivity index (χ3n) is 2.91. The first-order valence-electron chi connectivity index (χ1n) is 5.86. The van der Waals surface area contributed by atoms with E-state index >= 15 is 0 Å². The molecule has 0 aliphatic carbocycles. The summed E-state index contributed by atoms with van der Waals surface area (Å²) in [6.45, 7) is 0. The van der Waals surface area contributed by atoms with E-state index in [4.69, 9.17) is 0 Å². The van der Waals surface area contributed by atoms with Crippen molar-refractivity contribution >= 4 is 43.2 Å². The number of halogens is 2. The van der Waals surface area contributed by atoms with Gasteiger partial charge < -0.3 is 0 Å². The van der Waals surface area contributed by atoms with Crippen molar-refractivity contribution in [1.82, 2.24) is 0 Å². The molecule has 0 nitrogen and oxygen atoms in total. The fourth-order valence-electron chi connectivity index (χ4n) is 2.01. The Morgan fingerprint density at radius 3 is 1.79 bits per heavy atom. The SMILES string of the molecule is Brc1sc(-c2ccccc2)c(Br)c1-c1ccccc1. The maximum Gasteiger partial charge on any atom is 0.0795 e. The van der Waals surface area contributed by atoms with Crippen LogP contribution in [0.4, 0.5) is 0 Å². The molecule has 1 aromatic heterocycles. The molecule has 0 saturated heterocycles. The first-order valence-corrected chi connectivity index (χ1v) is 8.26. The van der Waals surface area contributed by atoms with Crippen molar-refractivity contribution in [2.45, 2.75) is 0 Å². The molecule has 0 atom stereocenters. The zero-order valence-electron chi connectivity index (χ0n) is 9.94. The summed E-state index contributed by atoms with van der Waals surface area (Å²) in [6.07, 6.45) is 0. The van der Waals surface area contributed by atoms with Crippen molar-refractivity contribution in [3.8, 4) is 21.6 Å². The zero-order valence-corrected chi connectivity index (χ0v) is 13.9. The van der Waals surface area contributed by atoms with Crippen molar-refractivity contribution in [3.63, 3.8) is 0 Å². The zero-order chi connectivity index (χ0) is 13.2. The first-order chi connectivity index (χ1) is 9.27. The highest BCUT2D eigenvalue weighted by Crippen LogP contribution is 2.48. The van der Waals surface area contributed by atoms with Crippen LogP contribution in [-0.4, -0.2) is 0 Å². The number of benzene rings is 2. The summed E-state index contributed by atoms with van der Waals surface area (Å²) in [5.74, 6) is 0. The highest BCUT2D eigenvalue weighted by atomic mass is 79.9. The van der Waals surface area contributed by atoms with Crippen LogP contribution in [0.3, 0.4) is 0 Å². The van der Waals surface area contributed by atoms with Gasteiger partial charge in [0.1, 0.15) is 0 Å². The smallest absolute Gasteiger partial charge is 0.0795 e. The Hall–Kier alpha value is -0.900. The van der Waals surface area contributed by atoms with E-state index in [1.54, 1.807) is 11.3 Å². The topological polar surface area (TPSA) is 0 Å². The summed E-state index contributed by atoms with van der Waals surface area (Å²) in [6, 6.07) is 20.9. The van der Waals surface area contributed by atoms with Crippen LogP contribution in [-0.2, 0) is 0 Å². The normalized spacial score (nSPS) is 10.6. The van der Waals surface area contributed by atoms with Crippen LogP contribution in [0, 0.1) is 0 Å². The van der Waals surface area contributed by atoms with Gasteiger partial charge in [0.2, 0.25) is 0 Å². The molecule has 94 valence electrons. The maximum absolute atomic E-state index is 3.76. The van der Waals surface area contributed by atoms with Crippen LogP contribution >= 0.6 is 43.2 Å². The summed E-state index contributed by atoms with van der Waals surface area (Å²) >= 11 is 9.21. The van der Waals surface area contributed by atoms with Crippen molar-refractivity contribution in [2.75, 3.05) is 0 Å². The average molecular weight is 394 g/mol. The van der Waals surface area contributed by atoms with Gasteiger partial charge in [-0.3, -0.25) is 0 Å². The lowest BCUT2D eigenvalue weighted by Gasteiger charge is -2.02. The molecule has 3 aromatic rings. The van der Waals surface area contributed by atoms with Gasteiger partial charge in [0.15, 0.2) is 0 Å². The second-order valence-electron chi connectivity index (χ2n) is 4.13. The van der Waals surface area contributed by atoms with Gasteiger partial charge in [0, 0.05) is 10.0 Å².